The molecule has 0 amide bonds. The molecule has 1 aliphatic rings. The molecule has 1 atom stereocenters. The minimum absolute atomic E-state index is 0.0508. The van der Waals surface area contributed by atoms with Crippen LogP contribution in [0.3, 0.4) is 0 Å². The van der Waals surface area contributed by atoms with Crippen molar-refractivity contribution in [1.29, 1.82) is 0 Å². The predicted molar refractivity (Wildman–Crippen MR) is 61.8 cm³/mol. The summed E-state index contributed by atoms with van der Waals surface area (Å²) in [6.07, 6.45) is 3.40. The minimum Gasteiger partial charge on any atom is -0.295 e. The molecule has 78 valence electrons. The van der Waals surface area contributed by atoms with Crippen LogP contribution in [0.15, 0.2) is 42.0 Å². The van der Waals surface area contributed by atoms with E-state index < -0.39 is 0 Å². The van der Waals surface area contributed by atoms with Crippen molar-refractivity contribution in [3.63, 3.8) is 0 Å². The van der Waals surface area contributed by atoms with Gasteiger partial charge in [0.05, 0.1) is 0 Å². The summed E-state index contributed by atoms with van der Waals surface area (Å²) in [6.45, 7) is 4.28. The van der Waals surface area contributed by atoms with Crippen LogP contribution in [0.4, 0.5) is 0 Å². The maximum Gasteiger partial charge on any atom is 0.155 e. The summed E-state index contributed by atoms with van der Waals surface area (Å²) < 4.78 is 0. The van der Waals surface area contributed by atoms with Gasteiger partial charge in [-0.25, -0.2) is 0 Å². The van der Waals surface area contributed by atoms with Crippen molar-refractivity contribution in [3.8, 4) is 0 Å². The molecular formula is C14H16O. The van der Waals surface area contributed by atoms with Gasteiger partial charge in [0.1, 0.15) is 0 Å². The number of carbonyl (C=O) groups is 1. The maximum absolute atomic E-state index is 11.3. The molecule has 0 bridgehead atoms. The topological polar surface area (TPSA) is 17.1 Å². The first-order valence-electron chi connectivity index (χ1n) is 5.40. The van der Waals surface area contributed by atoms with E-state index in [0.29, 0.717) is 6.42 Å². The summed E-state index contributed by atoms with van der Waals surface area (Å²) in [7, 11) is 0. The van der Waals surface area contributed by atoms with E-state index >= 15 is 0 Å². The van der Waals surface area contributed by atoms with Crippen LogP contribution >= 0.6 is 0 Å². The lowest BCUT2D eigenvalue weighted by Crippen LogP contribution is -2.28. The molecule has 0 saturated carbocycles. The predicted octanol–water partition coefficient (Wildman–Crippen LogP) is 3.25. The summed E-state index contributed by atoms with van der Waals surface area (Å²) in [5.41, 5.74) is 2.55. The SMILES string of the molecule is CC1=CC(=O)CC[C@@]1(C)c1ccccc1. The Kier molecular flexibility index (Phi) is 2.47. The van der Waals surface area contributed by atoms with Gasteiger partial charge >= 0.3 is 0 Å². The van der Waals surface area contributed by atoms with Gasteiger partial charge in [-0.1, -0.05) is 42.8 Å². The zero-order chi connectivity index (χ0) is 10.9. The quantitative estimate of drug-likeness (QED) is 0.680. The first-order valence-corrected chi connectivity index (χ1v) is 5.40. The number of ketones is 1. The third kappa shape index (κ3) is 1.74. The molecule has 0 fully saturated rings. The number of benzene rings is 1. The average Bonchev–Trinajstić information content (AvgIpc) is 2.25. The van der Waals surface area contributed by atoms with Crippen molar-refractivity contribution in [3.05, 3.63) is 47.5 Å². The Morgan fingerprint density at radius 3 is 2.47 bits per heavy atom. The molecule has 1 aromatic rings. The molecule has 0 aliphatic heterocycles. The highest BCUT2D eigenvalue weighted by molar-refractivity contribution is 5.92. The molecule has 1 nitrogen and oxygen atoms in total. The van der Waals surface area contributed by atoms with Gasteiger partial charge in [-0.2, -0.15) is 0 Å². The second-order valence-electron chi connectivity index (χ2n) is 4.49. The van der Waals surface area contributed by atoms with Gasteiger partial charge in [-0.15, -0.1) is 0 Å². The van der Waals surface area contributed by atoms with Gasteiger partial charge in [0.15, 0.2) is 5.78 Å². The number of hydrogen-bond acceptors (Lipinski definition) is 1. The standard InChI is InChI=1S/C14H16O/c1-11-10-13(15)8-9-14(11,2)12-6-4-3-5-7-12/h3-7,10H,8-9H2,1-2H3/t14-/m1/s1. The van der Waals surface area contributed by atoms with E-state index in [1.54, 1.807) is 6.08 Å². The van der Waals surface area contributed by atoms with Crippen molar-refractivity contribution in [2.45, 2.75) is 32.1 Å². The monoisotopic (exact) mass is 200 g/mol. The summed E-state index contributed by atoms with van der Waals surface area (Å²) in [6, 6.07) is 10.4. The fraction of sp³-hybridized carbons (Fsp3) is 0.357. The Balaban J connectivity index is 2.44. The summed E-state index contributed by atoms with van der Waals surface area (Å²) >= 11 is 0. The molecule has 1 heteroatoms. The maximum atomic E-state index is 11.3. The molecule has 0 spiro atoms. The van der Waals surface area contributed by atoms with Crippen LogP contribution in [0.5, 0.6) is 0 Å². The van der Waals surface area contributed by atoms with E-state index in [2.05, 4.69) is 38.1 Å². The van der Waals surface area contributed by atoms with Gasteiger partial charge < -0.3 is 0 Å². The van der Waals surface area contributed by atoms with Crippen molar-refractivity contribution in [1.82, 2.24) is 0 Å². The largest absolute Gasteiger partial charge is 0.295 e. The first-order chi connectivity index (χ1) is 7.13. The summed E-state index contributed by atoms with van der Waals surface area (Å²) in [5, 5.41) is 0. The van der Waals surface area contributed by atoms with Crippen LogP contribution in [0.25, 0.3) is 0 Å². The first kappa shape index (κ1) is 10.2. The molecule has 15 heavy (non-hydrogen) atoms. The number of rotatable bonds is 1. The zero-order valence-electron chi connectivity index (χ0n) is 9.29. The van der Waals surface area contributed by atoms with Gasteiger partial charge in [-0.05, 0) is 25.0 Å². The molecule has 0 saturated heterocycles. The highest BCUT2D eigenvalue weighted by atomic mass is 16.1. The highest BCUT2D eigenvalue weighted by Crippen LogP contribution is 2.38. The minimum atomic E-state index is 0.0508. The molecule has 0 unspecified atom stereocenters. The van der Waals surface area contributed by atoms with E-state index in [1.807, 2.05) is 6.07 Å². The van der Waals surface area contributed by atoms with Crippen LogP contribution in [-0.4, -0.2) is 5.78 Å². The van der Waals surface area contributed by atoms with Crippen molar-refractivity contribution >= 4 is 5.78 Å². The van der Waals surface area contributed by atoms with Gasteiger partial charge in [0, 0.05) is 11.8 Å². The Hall–Kier alpha value is -1.37. The molecule has 0 aromatic heterocycles. The Labute approximate surface area is 90.8 Å². The van der Waals surface area contributed by atoms with Crippen LogP contribution in [0, 0.1) is 0 Å². The second-order valence-corrected chi connectivity index (χ2v) is 4.49. The van der Waals surface area contributed by atoms with Gasteiger partial charge in [-0.3, -0.25) is 4.79 Å². The molecule has 0 N–H and O–H groups in total. The van der Waals surface area contributed by atoms with E-state index in [4.69, 9.17) is 0 Å². The second kappa shape index (κ2) is 3.65. The van der Waals surface area contributed by atoms with Crippen LogP contribution in [0.1, 0.15) is 32.3 Å². The number of hydrogen-bond donors (Lipinski definition) is 0. The lowest BCUT2D eigenvalue weighted by molar-refractivity contribution is -0.115. The van der Waals surface area contributed by atoms with E-state index in [1.165, 1.54) is 11.1 Å². The smallest absolute Gasteiger partial charge is 0.155 e. The average molecular weight is 200 g/mol. The molecular weight excluding hydrogens is 184 g/mol. The van der Waals surface area contributed by atoms with E-state index in [-0.39, 0.29) is 11.2 Å². The number of allylic oxidation sites excluding steroid dienone is 2. The molecule has 2 rings (SSSR count). The fourth-order valence-corrected chi connectivity index (χ4v) is 2.22. The third-order valence-electron chi connectivity index (χ3n) is 3.53. The zero-order valence-corrected chi connectivity index (χ0v) is 9.29. The molecule has 0 radical (unpaired) electrons. The molecule has 0 heterocycles. The van der Waals surface area contributed by atoms with E-state index in [9.17, 15) is 4.79 Å². The summed E-state index contributed by atoms with van der Waals surface area (Å²) in [5.74, 6) is 0.265. The van der Waals surface area contributed by atoms with Crippen LogP contribution < -0.4 is 0 Å². The number of carbonyl (C=O) groups excluding carboxylic acids is 1. The Bertz CT molecular complexity index is 403. The van der Waals surface area contributed by atoms with Crippen molar-refractivity contribution in [2.24, 2.45) is 0 Å². The lowest BCUT2D eigenvalue weighted by atomic mass is 9.70. The fourth-order valence-electron chi connectivity index (χ4n) is 2.22. The highest BCUT2D eigenvalue weighted by Gasteiger charge is 2.32. The molecule has 1 aliphatic carbocycles. The van der Waals surface area contributed by atoms with Gasteiger partial charge in [0.25, 0.3) is 0 Å². The van der Waals surface area contributed by atoms with Crippen molar-refractivity contribution < 1.29 is 4.79 Å². The van der Waals surface area contributed by atoms with E-state index in [0.717, 1.165) is 6.42 Å². The summed E-state index contributed by atoms with van der Waals surface area (Å²) in [4.78, 5) is 11.3. The normalized spacial score (nSPS) is 26.3. The third-order valence-corrected chi connectivity index (χ3v) is 3.53. The van der Waals surface area contributed by atoms with Gasteiger partial charge in [0.2, 0.25) is 0 Å². The van der Waals surface area contributed by atoms with Crippen molar-refractivity contribution in [2.75, 3.05) is 0 Å². The lowest BCUT2D eigenvalue weighted by Gasteiger charge is -2.34. The Morgan fingerprint density at radius 2 is 1.87 bits per heavy atom. The Morgan fingerprint density at radius 1 is 1.20 bits per heavy atom. The van der Waals surface area contributed by atoms with Crippen LogP contribution in [0.2, 0.25) is 0 Å². The molecule has 1 aromatic carbocycles. The van der Waals surface area contributed by atoms with Crippen LogP contribution in [-0.2, 0) is 10.2 Å².